The van der Waals surface area contributed by atoms with Crippen LogP contribution in [-0.2, 0) is 4.79 Å². The number of pyridine rings is 1. The summed E-state index contributed by atoms with van der Waals surface area (Å²) in [5, 5.41) is 2.77. The van der Waals surface area contributed by atoms with E-state index in [1.807, 2.05) is 19.9 Å². The van der Waals surface area contributed by atoms with Crippen LogP contribution in [0.4, 0.5) is 5.69 Å². The van der Waals surface area contributed by atoms with Crippen molar-refractivity contribution in [3.63, 3.8) is 0 Å². The first-order valence-electron chi connectivity index (χ1n) is 7.70. The van der Waals surface area contributed by atoms with Gasteiger partial charge in [-0.3, -0.25) is 9.59 Å². The summed E-state index contributed by atoms with van der Waals surface area (Å²) >= 11 is 0. The number of rotatable bonds is 6. The zero-order chi connectivity index (χ0) is 17.5. The van der Waals surface area contributed by atoms with Crippen molar-refractivity contribution >= 4 is 17.5 Å². The van der Waals surface area contributed by atoms with E-state index in [9.17, 15) is 9.59 Å². The normalized spacial score (nSPS) is 10.1. The second kappa shape index (κ2) is 8.10. The maximum absolute atomic E-state index is 12.5. The van der Waals surface area contributed by atoms with Crippen molar-refractivity contribution in [1.82, 2.24) is 9.88 Å². The molecule has 0 spiro atoms. The van der Waals surface area contributed by atoms with E-state index < -0.39 is 0 Å². The summed E-state index contributed by atoms with van der Waals surface area (Å²) in [5.41, 5.74) is 1.76. The summed E-state index contributed by atoms with van der Waals surface area (Å²) in [6.45, 7) is 4.04. The first kappa shape index (κ1) is 17.5. The molecule has 0 unspecified atom stereocenters. The summed E-state index contributed by atoms with van der Waals surface area (Å²) in [4.78, 5) is 30.3. The standard InChI is InChI=1S/C18H21N3O3/c1-4-21(18(23)16-7-5-6-13(2)19-16)12-17(22)20-14-8-10-15(24-3)11-9-14/h5-11H,4,12H2,1-3H3,(H,20,22). The van der Waals surface area contributed by atoms with E-state index in [4.69, 9.17) is 4.74 Å². The number of amides is 2. The molecule has 24 heavy (non-hydrogen) atoms. The molecule has 0 aliphatic rings. The van der Waals surface area contributed by atoms with Gasteiger partial charge in [-0.2, -0.15) is 0 Å². The van der Waals surface area contributed by atoms with Crippen molar-refractivity contribution in [1.29, 1.82) is 0 Å². The molecule has 0 aliphatic heterocycles. The molecule has 0 aliphatic carbocycles. The van der Waals surface area contributed by atoms with Crippen LogP contribution in [0.1, 0.15) is 23.1 Å². The van der Waals surface area contributed by atoms with Gasteiger partial charge in [-0.25, -0.2) is 4.98 Å². The Morgan fingerprint density at radius 1 is 1.17 bits per heavy atom. The molecule has 1 aromatic heterocycles. The number of nitrogens with one attached hydrogen (secondary N) is 1. The highest BCUT2D eigenvalue weighted by molar-refractivity contribution is 5.98. The third kappa shape index (κ3) is 4.55. The topological polar surface area (TPSA) is 71.5 Å². The van der Waals surface area contributed by atoms with Crippen LogP contribution >= 0.6 is 0 Å². The number of hydrogen-bond acceptors (Lipinski definition) is 4. The monoisotopic (exact) mass is 327 g/mol. The van der Waals surface area contributed by atoms with Crippen molar-refractivity contribution in [3.05, 3.63) is 53.9 Å². The highest BCUT2D eigenvalue weighted by Crippen LogP contribution is 2.15. The average Bonchev–Trinajstić information content (AvgIpc) is 2.59. The number of aryl methyl sites for hydroxylation is 1. The fraction of sp³-hybridized carbons (Fsp3) is 0.278. The molecule has 0 fully saturated rings. The number of ether oxygens (including phenoxy) is 1. The van der Waals surface area contributed by atoms with Crippen LogP contribution in [0, 0.1) is 6.92 Å². The molecule has 1 heterocycles. The molecule has 0 bridgehead atoms. The van der Waals surface area contributed by atoms with Gasteiger partial charge in [-0.1, -0.05) is 6.07 Å². The zero-order valence-electron chi connectivity index (χ0n) is 14.1. The van der Waals surface area contributed by atoms with E-state index in [2.05, 4.69) is 10.3 Å². The summed E-state index contributed by atoms with van der Waals surface area (Å²) in [5.74, 6) is 0.193. The van der Waals surface area contributed by atoms with Crippen molar-refractivity contribution in [2.45, 2.75) is 13.8 Å². The van der Waals surface area contributed by atoms with Gasteiger partial charge in [-0.05, 0) is 50.2 Å². The highest BCUT2D eigenvalue weighted by Gasteiger charge is 2.18. The SMILES string of the molecule is CCN(CC(=O)Nc1ccc(OC)cc1)C(=O)c1cccc(C)n1. The fourth-order valence-electron chi connectivity index (χ4n) is 2.20. The number of likely N-dealkylation sites (N-methyl/N-ethyl adjacent to an activating group) is 1. The summed E-state index contributed by atoms with van der Waals surface area (Å²) in [6.07, 6.45) is 0. The Hall–Kier alpha value is -2.89. The number of benzene rings is 1. The van der Waals surface area contributed by atoms with E-state index in [0.717, 1.165) is 5.69 Å². The van der Waals surface area contributed by atoms with Crippen molar-refractivity contribution in [3.8, 4) is 5.75 Å². The lowest BCUT2D eigenvalue weighted by Crippen LogP contribution is -2.38. The third-order valence-electron chi connectivity index (χ3n) is 3.48. The number of carbonyl (C=O) groups is 2. The van der Waals surface area contributed by atoms with Crippen LogP contribution in [-0.4, -0.2) is 41.9 Å². The van der Waals surface area contributed by atoms with Gasteiger partial charge in [0.25, 0.3) is 5.91 Å². The molecule has 6 heteroatoms. The highest BCUT2D eigenvalue weighted by atomic mass is 16.5. The third-order valence-corrected chi connectivity index (χ3v) is 3.48. The van der Waals surface area contributed by atoms with Crippen molar-refractivity contribution in [2.24, 2.45) is 0 Å². The Morgan fingerprint density at radius 3 is 2.46 bits per heavy atom. The Kier molecular flexibility index (Phi) is 5.89. The number of aromatic nitrogens is 1. The van der Waals surface area contributed by atoms with Gasteiger partial charge in [0.15, 0.2) is 0 Å². The van der Waals surface area contributed by atoms with Crippen LogP contribution in [0.5, 0.6) is 5.75 Å². The van der Waals surface area contributed by atoms with Crippen molar-refractivity contribution in [2.75, 3.05) is 25.5 Å². The number of hydrogen-bond donors (Lipinski definition) is 1. The van der Waals surface area contributed by atoms with Crippen molar-refractivity contribution < 1.29 is 14.3 Å². The van der Waals surface area contributed by atoms with Crippen LogP contribution in [0.3, 0.4) is 0 Å². The Balaban J connectivity index is 2.00. The van der Waals surface area contributed by atoms with E-state index in [1.54, 1.807) is 43.5 Å². The minimum atomic E-state index is -0.261. The van der Waals surface area contributed by atoms with Crippen LogP contribution in [0.15, 0.2) is 42.5 Å². The van der Waals surface area contributed by atoms with E-state index in [-0.39, 0.29) is 18.4 Å². The lowest BCUT2D eigenvalue weighted by Gasteiger charge is -2.20. The second-order valence-corrected chi connectivity index (χ2v) is 5.26. The van der Waals surface area contributed by atoms with Gasteiger partial charge in [0, 0.05) is 17.9 Å². The molecule has 2 amide bonds. The number of anilines is 1. The predicted molar refractivity (Wildman–Crippen MR) is 92.2 cm³/mol. The van der Waals surface area contributed by atoms with Gasteiger partial charge >= 0.3 is 0 Å². The molecule has 1 N–H and O–H groups in total. The quantitative estimate of drug-likeness (QED) is 0.885. The minimum absolute atomic E-state index is 0.0308. The second-order valence-electron chi connectivity index (χ2n) is 5.26. The Labute approximate surface area is 141 Å². The van der Waals surface area contributed by atoms with Crippen LogP contribution in [0.2, 0.25) is 0 Å². The lowest BCUT2D eigenvalue weighted by atomic mass is 10.2. The first-order chi connectivity index (χ1) is 11.5. The minimum Gasteiger partial charge on any atom is -0.497 e. The van der Waals surface area contributed by atoms with Crippen LogP contribution < -0.4 is 10.1 Å². The number of carbonyl (C=O) groups excluding carboxylic acids is 2. The summed E-state index contributed by atoms with van der Waals surface area (Å²) in [6, 6.07) is 12.3. The molecule has 0 saturated carbocycles. The fourth-order valence-corrected chi connectivity index (χ4v) is 2.20. The number of methoxy groups -OCH3 is 1. The van der Waals surface area contributed by atoms with E-state index in [0.29, 0.717) is 23.7 Å². The molecule has 2 aromatic rings. The van der Waals surface area contributed by atoms with Crippen LogP contribution in [0.25, 0.3) is 0 Å². The average molecular weight is 327 g/mol. The maximum Gasteiger partial charge on any atom is 0.272 e. The molecular formula is C18H21N3O3. The van der Waals surface area contributed by atoms with Gasteiger partial charge in [0.05, 0.1) is 7.11 Å². The Morgan fingerprint density at radius 2 is 1.88 bits per heavy atom. The van der Waals surface area contributed by atoms with E-state index >= 15 is 0 Å². The summed E-state index contributed by atoms with van der Waals surface area (Å²) in [7, 11) is 1.58. The molecule has 0 atom stereocenters. The number of nitrogens with zero attached hydrogens (tertiary/aromatic N) is 2. The molecule has 2 rings (SSSR count). The lowest BCUT2D eigenvalue weighted by molar-refractivity contribution is -0.116. The molecule has 0 saturated heterocycles. The largest absolute Gasteiger partial charge is 0.497 e. The molecule has 6 nitrogen and oxygen atoms in total. The van der Waals surface area contributed by atoms with Gasteiger partial charge in [0.1, 0.15) is 18.0 Å². The van der Waals surface area contributed by atoms with E-state index in [1.165, 1.54) is 4.90 Å². The Bertz CT molecular complexity index is 714. The smallest absolute Gasteiger partial charge is 0.272 e. The molecule has 0 radical (unpaired) electrons. The predicted octanol–water partition coefficient (Wildman–Crippen LogP) is 2.50. The first-order valence-corrected chi connectivity index (χ1v) is 7.70. The molecular weight excluding hydrogens is 306 g/mol. The zero-order valence-corrected chi connectivity index (χ0v) is 14.1. The van der Waals surface area contributed by atoms with Gasteiger partial charge in [-0.15, -0.1) is 0 Å². The molecule has 1 aromatic carbocycles. The summed E-state index contributed by atoms with van der Waals surface area (Å²) < 4.78 is 5.07. The van der Waals surface area contributed by atoms with Gasteiger partial charge < -0.3 is 15.0 Å². The van der Waals surface area contributed by atoms with Gasteiger partial charge in [0.2, 0.25) is 5.91 Å². The maximum atomic E-state index is 12.5. The molecule has 126 valence electrons.